The molecule has 0 aliphatic rings. The first-order valence-corrected chi connectivity index (χ1v) is 6.82. The van der Waals surface area contributed by atoms with Crippen LogP contribution < -0.4 is 10.1 Å². The Labute approximate surface area is 119 Å². The van der Waals surface area contributed by atoms with Gasteiger partial charge in [-0.25, -0.2) is 9.37 Å². The maximum atomic E-state index is 13.2. The first kappa shape index (κ1) is 16.8. The molecule has 0 aliphatic heterocycles. The molecule has 1 heterocycles. The van der Waals surface area contributed by atoms with Crippen molar-refractivity contribution in [3.05, 3.63) is 23.6 Å². The van der Waals surface area contributed by atoms with Gasteiger partial charge >= 0.3 is 0 Å². The molecule has 0 spiro atoms. The van der Waals surface area contributed by atoms with Crippen LogP contribution in [0, 0.1) is 5.82 Å². The van der Waals surface area contributed by atoms with Crippen molar-refractivity contribution in [1.82, 2.24) is 10.3 Å². The van der Waals surface area contributed by atoms with Crippen LogP contribution in [0.5, 0.6) is 5.88 Å². The highest BCUT2D eigenvalue weighted by Crippen LogP contribution is 2.15. The second-order valence-electron chi connectivity index (χ2n) is 4.21. The van der Waals surface area contributed by atoms with Gasteiger partial charge in [0.15, 0.2) is 0 Å². The Balaban J connectivity index is 2.31. The molecule has 1 aromatic rings. The molecule has 0 aromatic carbocycles. The lowest BCUT2D eigenvalue weighted by molar-refractivity contribution is 0.0792. The van der Waals surface area contributed by atoms with Gasteiger partial charge in [0.25, 0.3) is 0 Å². The third-order valence-electron chi connectivity index (χ3n) is 2.56. The molecule has 0 amide bonds. The van der Waals surface area contributed by atoms with Crippen LogP contribution >= 0.6 is 0 Å². The minimum atomic E-state index is -0.360. The van der Waals surface area contributed by atoms with Gasteiger partial charge in [-0.2, -0.15) is 0 Å². The van der Waals surface area contributed by atoms with E-state index >= 15 is 0 Å². The number of nitrogens with zero attached hydrogens (tertiary/aromatic N) is 1. The van der Waals surface area contributed by atoms with Crippen LogP contribution in [0.1, 0.15) is 18.9 Å². The summed E-state index contributed by atoms with van der Waals surface area (Å²) in [6.45, 7) is 5.52. The predicted molar refractivity (Wildman–Crippen MR) is 74.4 cm³/mol. The zero-order chi connectivity index (χ0) is 14.6. The van der Waals surface area contributed by atoms with Crippen LogP contribution in [0.15, 0.2) is 12.3 Å². The highest BCUT2D eigenvalue weighted by Gasteiger charge is 2.06. The van der Waals surface area contributed by atoms with Crippen LogP contribution in [0.4, 0.5) is 4.39 Å². The zero-order valence-corrected chi connectivity index (χ0v) is 12.2. The first-order valence-electron chi connectivity index (χ1n) is 6.82. The molecule has 0 atom stereocenters. The summed E-state index contributed by atoms with van der Waals surface area (Å²) in [6.07, 6.45) is 2.02. The van der Waals surface area contributed by atoms with E-state index in [9.17, 15) is 4.39 Å². The van der Waals surface area contributed by atoms with Crippen molar-refractivity contribution < 1.29 is 18.6 Å². The van der Waals surface area contributed by atoms with Crippen LogP contribution in [-0.4, -0.2) is 45.1 Å². The smallest absolute Gasteiger partial charge is 0.218 e. The fourth-order valence-electron chi connectivity index (χ4n) is 1.59. The summed E-state index contributed by atoms with van der Waals surface area (Å²) in [5.41, 5.74) is 0.714. The number of methoxy groups -OCH3 is 1. The number of aromatic nitrogens is 1. The molecule has 0 fully saturated rings. The Kier molecular flexibility index (Phi) is 8.86. The van der Waals surface area contributed by atoms with E-state index in [1.165, 1.54) is 6.07 Å². The summed E-state index contributed by atoms with van der Waals surface area (Å²) in [5, 5.41) is 3.13. The number of pyridine rings is 1. The van der Waals surface area contributed by atoms with Gasteiger partial charge in [-0.3, -0.25) is 0 Å². The van der Waals surface area contributed by atoms with Gasteiger partial charge in [0.1, 0.15) is 12.4 Å². The molecular formula is C14H23FN2O3. The fraction of sp³-hybridized carbons (Fsp3) is 0.643. The highest BCUT2D eigenvalue weighted by atomic mass is 19.1. The molecule has 0 radical (unpaired) electrons. The van der Waals surface area contributed by atoms with E-state index in [1.54, 1.807) is 7.11 Å². The fourth-order valence-corrected chi connectivity index (χ4v) is 1.59. The third kappa shape index (κ3) is 6.79. The Hall–Kier alpha value is -1.24. The van der Waals surface area contributed by atoms with E-state index in [4.69, 9.17) is 14.2 Å². The molecule has 0 bridgehead atoms. The van der Waals surface area contributed by atoms with Gasteiger partial charge in [0.2, 0.25) is 5.88 Å². The first-order chi connectivity index (χ1) is 9.77. The lowest BCUT2D eigenvalue weighted by Gasteiger charge is -2.11. The number of ether oxygens (including phenoxy) is 3. The van der Waals surface area contributed by atoms with Crippen molar-refractivity contribution in [2.75, 3.05) is 40.1 Å². The highest BCUT2D eigenvalue weighted by molar-refractivity contribution is 5.26. The van der Waals surface area contributed by atoms with Crippen LogP contribution in [-0.2, 0) is 16.0 Å². The van der Waals surface area contributed by atoms with Gasteiger partial charge in [0.05, 0.1) is 12.8 Å². The standard InChI is InChI=1S/C14H23FN2O3/c1-3-16-10-12-9-13(15)11-17-14(12)20-8-7-19-6-4-5-18-2/h9,11,16H,3-8,10H2,1-2H3. The lowest BCUT2D eigenvalue weighted by Crippen LogP contribution is -2.15. The minimum Gasteiger partial charge on any atom is -0.475 e. The van der Waals surface area contributed by atoms with Gasteiger partial charge in [-0.15, -0.1) is 0 Å². The van der Waals surface area contributed by atoms with Gasteiger partial charge in [-0.05, 0) is 19.0 Å². The van der Waals surface area contributed by atoms with Gasteiger partial charge < -0.3 is 19.5 Å². The summed E-state index contributed by atoms with van der Waals surface area (Å²) in [7, 11) is 1.66. The monoisotopic (exact) mass is 286 g/mol. The maximum absolute atomic E-state index is 13.2. The number of halogens is 1. The third-order valence-corrected chi connectivity index (χ3v) is 2.56. The van der Waals surface area contributed by atoms with Gasteiger partial charge in [0, 0.05) is 32.4 Å². The molecule has 0 saturated carbocycles. The average Bonchev–Trinajstić information content (AvgIpc) is 2.45. The molecule has 114 valence electrons. The van der Waals surface area contributed by atoms with E-state index in [1.807, 2.05) is 6.92 Å². The summed E-state index contributed by atoms with van der Waals surface area (Å²) in [4.78, 5) is 3.97. The molecule has 0 saturated heterocycles. The SMILES string of the molecule is CCNCc1cc(F)cnc1OCCOCCCOC. The van der Waals surface area contributed by atoms with E-state index in [-0.39, 0.29) is 5.82 Å². The summed E-state index contributed by atoms with van der Waals surface area (Å²) in [5.74, 6) is 0.0916. The van der Waals surface area contributed by atoms with Gasteiger partial charge in [-0.1, -0.05) is 6.92 Å². The number of rotatable bonds is 11. The largest absolute Gasteiger partial charge is 0.475 e. The Morgan fingerprint density at radius 2 is 2.10 bits per heavy atom. The number of hydrogen-bond donors (Lipinski definition) is 1. The van der Waals surface area contributed by atoms with E-state index in [2.05, 4.69) is 10.3 Å². The van der Waals surface area contributed by atoms with Crippen LogP contribution in [0.2, 0.25) is 0 Å². The summed E-state index contributed by atoms with van der Waals surface area (Å²) >= 11 is 0. The molecule has 0 aliphatic carbocycles. The number of nitrogens with one attached hydrogen (secondary N) is 1. The summed E-state index contributed by atoms with van der Waals surface area (Å²) in [6, 6.07) is 1.43. The molecular weight excluding hydrogens is 263 g/mol. The van der Waals surface area contributed by atoms with Crippen molar-refractivity contribution in [3.8, 4) is 5.88 Å². The molecule has 5 nitrogen and oxygen atoms in total. The normalized spacial score (nSPS) is 10.8. The van der Waals surface area contributed by atoms with E-state index in [0.717, 1.165) is 19.2 Å². The second-order valence-corrected chi connectivity index (χ2v) is 4.21. The van der Waals surface area contributed by atoms with Crippen molar-refractivity contribution >= 4 is 0 Å². The lowest BCUT2D eigenvalue weighted by atomic mass is 10.2. The molecule has 1 rings (SSSR count). The Morgan fingerprint density at radius 1 is 1.25 bits per heavy atom. The zero-order valence-electron chi connectivity index (χ0n) is 12.2. The molecule has 1 N–H and O–H groups in total. The molecule has 6 heteroatoms. The van der Waals surface area contributed by atoms with Crippen molar-refractivity contribution in [2.24, 2.45) is 0 Å². The summed E-state index contributed by atoms with van der Waals surface area (Å²) < 4.78 is 29.0. The van der Waals surface area contributed by atoms with Crippen molar-refractivity contribution in [3.63, 3.8) is 0 Å². The predicted octanol–water partition coefficient (Wildman–Crippen LogP) is 1.76. The molecule has 0 unspecified atom stereocenters. The number of hydrogen-bond acceptors (Lipinski definition) is 5. The van der Waals surface area contributed by atoms with Crippen molar-refractivity contribution in [2.45, 2.75) is 19.9 Å². The quantitative estimate of drug-likeness (QED) is 0.628. The van der Waals surface area contributed by atoms with Crippen molar-refractivity contribution in [1.29, 1.82) is 0 Å². The topological polar surface area (TPSA) is 52.6 Å². The van der Waals surface area contributed by atoms with E-state index < -0.39 is 0 Å². The molecule has 20 heavy (non-hydrogen) atoms. The van der Waals surface area contributed by atoms with Crippen LogP contribution in [0.3, 0.4) is 0 Å². The Morgan fingerprint density at radius 3 is 2.85 bits per heavy atom. The molecule has 1 aromatic heterocycles. The minimum absolute atomic E-state index is 0.360. The van der Waals surface area contributed by atoms with Crippen LogP contribution in [0.25, 0.3) is 0 Å². The van der Waals surface area contributed by atoms with E-state index in [0.29, 0.717) is 44.4 Å². The maximum Gasteiger partial charge on any atom is 0.218 e. The average molecular weight is 286 g/mol. The Bertz CT molecular complexity index is 377. The second kappa shape index (κ2) is 10.5.